The van der Waals surface area contributed by atoms with Gasteiger partial charge in [0.1, 0.15) is 11.8 Å². The van der Waals surface area contributed by atoms with Crippen molar-refractivity contribution in [2.45, 2.75) is 51.2 Å². The molecular weight excluding hydrogens is 648 g/mol. The van der Waals surface area contributed by atoms with E-state index in [1.54, 1.807) is 18.5 Å². The molecule has 236 valence electrons. The predicted molar refractivity (Wildman–Crippen MR) is 180 cm³/mol. The van der Waals surface area contributed by atoms with Gasteiger partial charge in [0.05, 0.1) is 55.8 Å². The highest BCUT2D eigenvalue weighted by atomic mass is 35.5. The Morgan fingerprint density at radius 1 is 1.07 bits per heavy atom. The zero-order chi connectivity index (χ0) is 32.6. The van der Waals surface area contributed by atoms with Crippen LogP contribution in [0.15, 0.2) is 61.2 Å². The molecule has 0 unspecified atom stereocenters. The van der Waals surface area contributed by atoms with E-state index < -0.39 is 11.9 Å². The van der Waals surface area contributed by atoms with Gasteiger partial charge in [-0.3, -0.25) is 14.9 Å². The van der Waals surface area contributed by atoms with Crippen LogP contribution in [0.3, 0.4) is 0 Å². The van der Waals surface area contributed by atoms with Gasteiger partial charge in [0.2, 0.25) is 0 Å². The van der Waals surface area contributed by atoms with Crippen molar-refractivity contribution in [1.29, 1.82) is 5.26 Å². The number of benzene rings is 2. The van der Waals surface area contributed by atoms with Crippen molar-refractivity contribution in [3.8, 4) is 6.07 Å². The molecule has 6 rings (SSSR count). The Morgan fingerprint density at radius 2 is 1.85 bits per heavy atom. The molecule has 2 aromatic carbocycles. The van der Waals surface area contributed by atoms with E-state index in [0.717, 1.165) is 31.5 Å². The number of fused-ring (bicyclic) bond motifs is 1. The summed E-state index contributed by atoms with van der Waals surface area (Å²) in [5, 5.41) is 26.3. The van der Waals surface area contributed by atoms with Crippen molar-refractivity contribution in [2.75, 3.05) is 23.7 Å². The predicted octanol–water partition coefficient (Wildman–Crippen LogP) is 8.57. The Balaban J connectivity index is 1.36. The molecule has 0 saturated carbocycles. The minimum absolute atomic E-state index is 0.0473. The zero-order valence-electron chi connectivity index (χ0n) is 25.4. The Kier molecular flexibility index (Phi) is 9.03. The average Bonchev–Trinajstić information content (AvgIpc) is 3.54. The molecule has 1 saturated heterocycles. The highest BCUT2D eigenvalue weighted by Gasteiger charge is 2.29. The molecular formula is C33H31Cl3FN9. The Hall–Kier alpha value is -4.01. The van der Waals surface area contributed by atoms with Gasteiger partial charge in [-0.05, 0) is 69.5 Å². The average molecular weight is 679 g/mol. The Bertz CT molecular complexity index is 1930. The molecule has 0 aliphatic carbocycles. The van der Waals surface area contributed by atoms with Crippen LogP contribution in [0, 0.1) is 17.1 Å². The van der Waals surface area contributed by atoms with Crippen LogP contribution in [0.2, 0.25) is 15.1 Å². The lowest BCUT2D eigenvalue weighted by Gasteiger charge is -2.40. The van der Waals surface area contributed by atoms with Crippen molar-refractivity contribution in [3.05, 3.63) is 98.9 Å². The maximum atomic E-state index is 15.1. The van der Waals surface area contributed by atoms with E-state index in [1.165, 1.54) is 18.3 Å². The number of rotatable bonds is 7. The van der Waals surface area contributed by atoms with Crippen LogP contribution in [-0.2, 0) is 0 Å². The Morgan fingerprint density at radius 3 is 2.54 bits per heavy atom. The highest BCUT2D eigenvalue weighted by Crippen LogP contribution is 2.39. The number of aromatic nitrogens is 5. The topological polar surface area (TPSA) is 108 Å². The molecule has 1 fully saturated rings. The second kappa shape index (κ2) is 13.0. The molecule has 2 N–H and O–H groups in total. The number of piperidine rings is 1. The molecule has 3 aromatic heterocycles. The fraction of sp³-hybridized carbons (Fsp3) is 0.303. The number of hydrogen-bond acceptors (Lipinski definition) is 8. The monoisotopic (exact) mass is 677 g/mol. The first-order valence-electron chi connectivity index (χ1n) is 14.8. The highest BCUT2D eigenvalue weighted by molar-refractivity contribution is 6.42. The molecule has 1 aliphatic rings. The van der Waals surface area contributed by atoms with Gasteiger partial charge in [-0.1, -0.05) is 46.1 Å². The molecule has 9 nitrogen and oxygen atoms in total. The van der Waals surface area contributed by atoms with Crippen LogP contribution in [0.5, 0.6) is 0 Å². The van der Waals surface area contributed by atoms with Crippen LogP contribution >= 0.6 is 34.8 Å². The van der Waals surface area contributed by atoms with Gasteiger partial charge in [0, 0.05) is 48.3 Å². The van der Waals surface area contributed by atoms with Crippen LogP contribution in [0.4, 0.5) is 21.5 Å². The van der Waals surface area contributed by atoms with Crippen molar-refractivity contribution < 1.29 is 4.39 Å². The molecule has 1 atom stereocenters. The fourth-order valence-electron chi connectivity index (χ4n) is 5.76. The summed E-state index contributed by atoms with van der Waals surface area (Å²) in [6.07, 6.45) is 8.82. The molecule has 4 heterocycles. The number of anilines is 3. The number of nitrogens with one attached hydrogen (secondary N) is 2. The van der Waals surface area contributed by atoms with Gasteiger partial charge >= 0.3 is 0 Å². The lowest BCUT2D eigenvalue weighted by Crippen LogP contribution is -2.46. The maximum Gasteiger partial charge on any atom is 0.166 e. The lowest BCUT2D eigenvalue weighted by atomic mass is 9.98. The van der Waals surface area contributed by atoms with Gasteiger partial charge in [-0.15, -0.1) is 5.10 Å². The lowest BCUT2D eigenvalue weighted by molar-refractivity contribution is 0.0866. The summed E-state index contributed by atoms with van der Waals surface area (Å²) >= 11 is 18.8. The van der Waals surface area contributed by atoms with Gasteiger partial charge < -0.3 is 10.6 Å². The van der Waals surface area contributed by atoms with E-state index in [1.807, 2.05) is 29.1 Å². The summed E-state index contributed by atoms with van der Waals surface area (Å²) in [5.74, 6) is -0.743. The third kappa shape index (κ3) is 6.46. The molecule has 1 aliphatic heterocycles. The van der Waals surface area contributed by atoms with Crippen LogP contribution in [0.25, 0.3) is 10.9 Å². The second-order valence-corrected chi connectivity index (χ2v) is 13.4. The van der Waals surface area contributed by atoms with Crippen molar-refractivity contribution in [1.82, 2.24) is 29.9 Å². The molecule has 0 radical (unpaired) electrons. The summed E-state index contributed by atoms with van der Waals surface area (Å²) in [7, 11) is 0. The van der Waals surface area contributed by atoms with Crippen LogP contribution < -0.4 is 10.6 Å². The third-order valence-corrected chi connectivity index (χ3v) is 9.35. The number of halogens is 4. The first-order chi connectivity index (χ1) is 22.0. The minimum Gasteiger partial charge on any atom is -0.373 e. The maximum absolute atomic E-state index is 15.1. The summed E-state index contributed by atoms with van der Waals surface area (Å²) in [6.45, 7) is 8.71. The molecule has 0 amide bonds. The van der Waals surface area contributed by atoms with E-state index in [0.29, 0.717) is 33.0 Å². The van der Waals surface area contributed by atoms with Gasteiger partial charge in [-0.25, -0.2) is 9.07 Å². The summed E-state index contributed by atoms with van der Waals surface area (Å²) in [5.41, 5.74) is 3.32. The fourth-order valence-corrected chi connectivity index (χ4v) is 6.34. The third-order valence-electron chi connectivity index (χ3n) is 8.28. The van der Waals surface area contributed by atoms with Crippen LogP contribution in [0.1, 0.15) is 62.5 Å². The minimum atomic E-state index is -0.743. The quantitative estimate of drug-likeness (QED) is 0.165. The van der Waals surface area contributed by atoms with Gasteiger partial charge in [0.15, 0.2) is 5.82 Å². The summed E-state index contributed by atoms with van der Waals surface area (Å²) < 4.78 is 17.0. The normalized spacial score (nSPS) is 15.1. The number of pyridine rings is 2. The molecule has 0 bridgehead atoms. The largest absolute Gasteiger partial charge is 0.373 e. The first-order valence-corrected chi connectivity index (χ1v) is 15.9. The molecule has 5 aromatic rings. The number of nitrogens with zero attached hydrogens (tertiary/aromatic N) is 7. The van der Waals surface area contributed by atoms with E-state index in [9.17, 15) is 5.26 Å². The van der Waals surface area contributed by atoms with Gasteiger partial charge in [-0.2, -0.15) is 5.26 Å². The molecule has 13 heteroatoms. The Labute approximate surface area is 281 Å². The van der Waals surface area contributed by atoms with Crippen LogP contribution in [-0.4, -0.2) is 48.5 Å². The van der Waals surface area contributed by atoms with E-state index in [4.69, 9.17) is 34.8 Å². The number of likely N-dealkylation sites (tertiary alicyclic amines) is 1. The standard InChI is InChI=1S/C33H31Cl3FN9/c1-33(2,3)45-11-8-22(9-12-45)46-18-27(43-44-46)31(19-5-4-10-39-16-19)41-21-13-23-30(20(15-38)17-40-32(23)25(35)14-21)42-26-7-6-24(34)28(36)29(26)37/h4-7,10,13-14,16-18,22,31,41H,8-9,11-12H2,1-3H3,(H,40,42)/t31-/m0/s1. The first kappa shape index (κ1) is 32.0. The SMILES string of the molecule is CC(C)(C)N1CCC(n2cc([C@@H](Nc3cc(Cl)c4ncc(C#N)c(Nc5ccc(Cl)c(Cl)c5F)c4c3)c3cccnc3)nn2)CC1. The smallest absolute Gasteiger partial charge is 0.166 e. The van der Waals surface area contributed by atoms with Crippen molar-refractivity contribution >= 4 is 62.8 Å². The van der Waals surface area contributed by atoms with Gasteiger partial charge in [0.25, 0.3) is 0 Å². The van der Waals surface area contributed by atoms with Crippen molar-refractivity contribution in [2.24, 2.45) is 0 Å². The van der Waals surface area contributed by atoms with Crippen molar-refractivity contribution in [3.63, 3.8) is 0 Å². The van der Waals surface area contributed by atoms with E-state index >= 15 is 4.39 Å². The van der Waals surface area contributed by atoms with E-state index in [-0.39, 0.29) is 32.9 Å². The zero-order valence-corrected chi connectivity index (χ0v) is 27.7. The summed E-state index contributed by atoms with van der Waals surface area (Å²) in [4.78, 5) is 11.2. The second-order valence-electron chi connectivity index (χ2n) is 12.2. The number of nitriles is 1. The summed E-state index contributed by atoms with van der Waals surface area (Å²) in [6, 6.07) is 12.3. The molecule has 46 heavy (non-hydrogen) atoms. The van der Waals surface area contributed by atoms with E-state index in [2.05, 4.69) is 62.7 Å². The number of hydrogen-bond donors (Lipinski definition) is 2. The molecule has 0 spiro atoms.